The summed E-state index contributed by atoms with van der Waals surface area (Å²) in [5.41, 5.74) is 7.54. The van der Waals surface area contributed by atoms with E-state index < -0.39 is 5.97 Å². The molecule has 3 N–H and O–H groups in total. The zero-order valence-corrected chi connectivity index (χ0v) is 11.7. The van der Waals surface area contributed by atoms with Crippen molar-refractivity contribution in [2.45, 2.75) is 32.2 Å². The number of anilines is 1. The number of benzene rings is 1. The van der Waals surface area contributed by atoms with Crippen LogP contribution in [0.25, 0.3) is 0 Å². The van der Waals surface area contributed by atoms with Crippen LogP contribution in [-0.2, 0) is 9.59 Å². The van der Waals surface area contributed by atoms with Gasteiger partial charge in [-0.25, -0.2) is 0 Å². The number of carboxylic acid groups (broad SMARTS) is 1. The smallest absolute Gasteiger partial charge is 0.304 e. The Kier molecular flexibility index (Phi) is 4.09. The molecule has 1 aromatic carbocycles. The van der Waals surface area contributed by atoms with E-state index >= 15 is 0 Å². The van der Waals surface area contributed by atoms with Crippen LogP contribution in [0, 0.1) is 5.92 Å². The second-order valence-electron chi connectivity index (χ2n) is 5.45. The first-order chi connectivity index (χ1) is 9.41. The van der Waals surface area contributed by atoms with Gasteiger partial charge in [0.1, 0.15) is 0 Å². The molecule has 1 aliphatic rings. The Morgan fingerprint density at radius 2 is 2.05 bits per heavy atom. The number of carbonyl (C=O) groups is 2. The van der Waals surface area contributed by atoms with Crippen LogP contribution >= 0.6 is 0 Å². The lowest BCUT2D eigenvalue weighted by Crippen LogP contribution is -2.41. The van der Waals surface area contributed by atoms with Gasteiger partial charge in [-0.15, -0.1) is 0 Å². The third-order valence-corrected chi connectivity index (χ3v) is 3.94. The summed E-state index contributed by atoms with van der Waals surface area (Å²) >= 11 is 0. The minimum absolute atomic E-state index is 0.0351. The first-order valence-electron chi connectivity index (χ1n) is 6.79. The highest BCUT2D eigenvalue weighted by atomic mass is 16.4. The summed E-state index contributed by atoms with van der Waals surface area (Å²) in [6.45, 7) is 4.03. The highest BCUT2D eigenvalue weighted by Crippen LogP contribution is 2.38. The van der Waals surface area contributed by atoms with Gasteiger partial charge < -0.3 is 15.7 Å². The predicted octanol–water partition coefficient (Wildman–Crippen LogP) is 1.57. The normalized spacial score (nSPS) is 20.4. The Labute approximate surface area is 118 Å². The first kappa shape index (κ1) is 14.5. The van der Waals surface area contributed by atoms with Crippen molar-refractivity contribution in [1.29, 1.82) is 0 Å². The quantitative estimate of drug-likeness (QED) is 0.874. The van der Waals surface area contributed by atoms with Gasteiger partial charge in [-0.05, 0) is 18.6 Å². The maximum absolute atomic E-state index is 12.5. The highest BCUT2D eigenvalue weighted by Gasteiger charge is 2.35. The lowest BCUT2D eigenvalue weighted by molar-refractivity contribution is -0.137. The number of amides is 1. The van der Waals surface area contributed by atoms with E-state index in [9.17, 15) is 9.59 Å². The Hall–Kier alpha value is -1.88. The molecule has 108 valence electrons. The standard InChI is InChI=1S/C15H20N2O3/c1-9(10(2)16)15(20)17-8-11(7-14(18)19)12-5-3-4-6-13(12)17/h3-6,9-11H,7-8,16H2,1-2H3,(H,18,19). The Morgan fingerprint density at radius 1 is 1.40 bits per heavy atom. The Balaban J connectivity index is 2.29. The molecule has 0 fully saturated rings. The topological polar surface area (TPSA) is 83.6 Å². The summed E-state index contributed by atoms with van der Waals surface area (Å²) in [6.07, 6.45) is 0.0351. The van der Waals surface area contributed by atoms with Crippen molar-refractivity contribution in [1.82, 2.24) is 0 Å². The number of hydrogen-bond acceptors (Lipinski definition) is 3. The molecular weight excluding hydrogens is 256 g/mol. The van der Waals surface area contributed by atoms with Crippen LogP contribution in [0.4, 0.5) is 5.69 Å². The molecule has 0 spiro atoms. The molecule has 0 saturated carbocycles. The summed E-state index contributed by atoms with van der Waals surface area (Å²) < 4.78 is 0. The van der Waals surface area contributed by atoms with Crippen LogP contribution in [-0.4, -0.2) is 29.6 Å². The molecule has 3 atom stereocenters. The van der Waals surface area contributed by atoms with Crippen LogP contribution < -0.4 is 10.6 Å². The van der Waals surface area contributed by atoms with Crippen molar-refractivity contribution in [3.05, 3.63) is 29.8 Å². The average molecular weight is 276 g/mol. The second kappa shape index (κ2) is 5.63. The fourth-order valence-electron chi connectivity index (χ4n) is 2.56. The van der Waals surface area contributed by atoms with Crippen molar-refractivity contribution >= 4 is 17.6 Å². The zero-order valence-electron chi connectivity index (χ0n) is 11.7. The molecule has 3 unspecified atom stereocenters. The number of hydrogen-bond donors (Lipinski definition) is 2. The van der Waals surface area contributed by atoms with Crippen LogP contribution in [0.5, 0.6) is 0 Å². The van der Waals surface area contributed by atoms with E-state index in [0.29, 0.717) is 6.54 Å². The summed E-state index contributed by atoms with van der Waals surface area (Å²) in [6, 6.07) is 7.26. The second-order valence-corrected chi connectivity index (χ2v) is 5.45. The van der Waals surface area contributed by atoms with Crippen molar-refractivity contribution in [3.63, 3.8) is 0 Å². The largest absolute Gasteiger partial charge is 0.481 e. The van der Waals surface area contributed by atoms with Crippen LogP contribution in [0.2, 0.25) is 0 Å². The SMILES string of the molecule is CC(N)C(C)C(=O)N1CC(CC(=O)O)c2ccccc21. The number of nitrogens with zero attached hydrogens (tertiary/aromatic N) is 1. The van der Waals surface area contributed by atoms with Crippen LogP contribution in [0.3, 0.4) is 0 Å². The maximum Gasteiger partial charge on any atom is 0.304 e. The van der Waals surface area contributed by atoms with Gasteiger partial charge >= 0.3 is 5.97 Å². The van der Waals surface area contributed by atoms with E-state index in [2.05, 4.69) is 0 Å². The van der Waals surface area contributed by atoms with Gasteiger partial charge in [0.2, 0.25) is 5.91 Å². The highest BCUT2D eigenvalue weighted by molar-refractivity contribution is 5.97. The Bertz CT molecular complexity index is 528. The van der Waals surface area contributed by atoms with Crippen LogP contribution in [0.15, 0.2) is 24.3 Å². The zero-order chi connectivity index (χ0) is 14.9. The van der Waals surface area contributed by atoms with Gasteiger partial charge in [0, 0.05) is 24.2 Å². The summed E-state index contributed by atoms with van der Waals surface area (Å²) in [5.74, 6) is -1.32. The fourth-order valence-corrected chi connectivity index (χ4v) is 2.56. The van der Waals surface area contributed by atoms with Gasteiger partial charge in [0.15, 0.2) is 0 Å². The van der Waals surface area contributed by atoms with E-state index in [1.807, 2.05) is 24.3 Å². The van der Waals surface area contributed by atoms with E-state index in [-0.39, 0.29) is 30.2 Å². The minimum atomic E-state index is -0.848. The molecule has 0 aliphatic carbocycles. The molecule has 1 aromatic rings. The maximum atomic E-state index is 12.5. The predicted molar refractivity (Wildman–Crippen MR) is 76.6 cm³/mol. The molecule has 20 heavy (non-hydrogen) atoms. The first-order valence-corrected chi connectivity index (χ1v) is 6.79. The third-order valence-electron chi connectivity index (χ3n) is 3.94. The third kappa shape index (κ3) is 2.67. The number of fused-ring (bicyclic) bond motifs is 1. The van der Waals surface area contributed by atoms with Crippen molar-refractivity contribution in [2.24, 2.45) is 11.7 Å². The molecule has 0 saturated heterocycles. The monoisotopic (exact) mass is 276 g/mol. The molecule has 5 nitrogen and oxygen atoms in total. The lowest BCUT2D eigenvalue weighted by Gasteiger charge is -2.24. The lowest BCUT2D eigenvalue weighted by atomic mass is 9.98. The van der Waals surface area contributed by atoms with Crippen molar-refractivity contribution in [2.75, 3.05) is 11.4 Å². The summed E-state index contributed by atoms with van der Waals surface area (Å²) in [4.78, 5) is 25.1. The number of para-hydroxylation sites is 1. The van der Waals surface area contributed by atoms with E-state index in [1.54, 1.807) is 18.7 Å². The van der Waals surface area contributed by atoms with Gasteiger partial charge in [0.05, 0.1) is 12.3 Å². The van der Waals surface area contributed by atoms with E-state index in [4.69, 9.17) is 10.8 Å². The Morgan fingerprint density at radius 3 is 2.65 bits per heavy atom. The molecule has 1 heterocycles. The number of carboxylic acids is 1. The summed E-state index contributed by atoms with van der Waals surface area (Å²) in [5, 5.41) is 9.00. The molecule has 1 amide bonds. The molecule has 0 radical (unpaired) electrons. The average Bonchev–Trinajstić information content (AvgIpc) is 2.75. The van der Waals surface area contributed by atoms with E-state index in [1.165, 1.54) is 0 Å². The van der Waals surface area contributed by atoms with Crippen molar-refractivity contribution < 1.29 is 14.7 Å². The molecule has 0 bridgehead atoms. The van der Waals surface area contributed by atoms with Crippen LogP contribution in [0.1, 0.15) is 31.7 Å². The minimum Gasteiger partial charge on any atom is -0.481 e. The number of nitrogens with two attached hydrogens (primary N) is 1. The molecule has 0 aromatic heterocycles. The molecular formula is C15H20N2O3. The van der Waals surface area contributed by atoms with Crippen molar-refractivity contribution in [3.8, 4) is 0 Å². The van der Waals surface area contributed by atoms with Gasteiger partial charge in [-0.3, -0.25) is 9.59 Å². The fraction of sp³-hybridized carbons (Fsp3) is 0.467. The molecule has 1 aliphatic heterocycles. The van der Waals surface area contributed by atoms with Gasteiger partial charge in [-0.2, -0.15) is 0 Å². The number of aliphatic carboxylic acids is 1. The molecule has 2 rings (SSSR count). The molecule has 5 heteroatoms. The van der Waals surface area contributed by atoms with Gasteiger partial charge in [0.25, 0.3) is 0 Å². The number of carbonyl (C=O) groups excluding carboxylic acids is 1. The summed E-state index contributed by atoms with van der Waals surface area (Å²) in [7, 11) is 0. The number of rotatable bonds is 4. The van der Waals surface area contributed by atoms with Gasteiger partial charge in [-0.1, -0.05) is 25.1 Å². The van der Waals surface area contributed by atoms with E-state index in [0.717, 1.165) is 11.3 Å².